The smallest absolute Gasteiger partial charge is 0.256 e. The topological polar surface area (TPSA) is 60.5 Å². The number of aryl methyl sites for hydroxylation is 1. The number of ether oxygens (including phenoxy) is 2. The molecule has 0 aliphatic carbocycles. The lowest BCUT2D eigenvalue weighted by Crippen LogP contribution is -2.15. The first-order valence-electron chi connectivity index (χ1n) is 11.0. The second-order valence-electron chi connectivity index (χ2n) is 8.29. The van der Waals surface area contributed by atoms with E-state index in [9.17, 15) is 4.79 Å². The monoisotopic (exact) mass is 440 g/mol. The maximum Gasteiger partial charge on any atom is 0.256 e. The average molecular weight is 441 g/mol. The quantitative estimate of drug-likeness (QED) is 0.367. The summed E-state index contributed by atoms with van der Waals surface area (Å²) in [6.07, 6.45) is 0. The molecule has 4 rings (SSSR count). The Morgan fingerprint density at radius 3 is 2.39 bits per heavy atom. The highest BCUT2D eigenvalue weighted by Crippen LogP contribution is 2.34. The number of rotatable bonds is 6. The van der Waals surface area contributed by atoms with Crippen LogP contribution in [-0.2, 0) is 0 Å². The Morgan fingerprint density at radius 2 is 1.67 bits per heavy atom. The van der Waals surface area contributed by atoms with Crippen LogP contribution < -0.4 is 14.8 Å². The van der Waals surface area contributed by atoms with Gasteiger partial charge in [0.2, 0.25) is 0 Å². The summed E-state index contributed by atoms with van der Waals surface area (Å²) in [7, 11) is 3.20. The number of anilines is 1. The molecule has 0 saturated heterocycles. The lowest BCUT2D eigenvalue weighted by molar-refractivity contribution is 0.102. The molecule has 5 nitrogen and oxygen atoms in total. The Hall–Kier alpha value is -3.86. The van der Waals surface area contributed by atoms with Gasteiger partial charge >= 0.3 is 0 Å². The van der Waals surface area contributed by atoms with Crippen LogP contribution in [0.3, 0.4) is 0 Å². The predicted octanol–water partition coefficient (Wildman–Crippen LogP) is 6.60. The number of nitrogens with one attached hydrogen (secondary N) is 1. The van der Waals surface area contributed by atoms with E-state index in [1.54, 1.807) is 14.2 Å². The normalized spacial score (nSPS) is 11.0. The fourth-order valence-electron chi connectivity index (χ4n) is 4.03. The molecule has 1 amide bonds. The highest BCUT2D eigenvalue weighted by atomic mass is 16.5. The van der Waals surface area contributed by atoms with Gasteiger partial charge in [-0.15, -0.1) is 0 Å². The third-order valence-electron chi connectivity index (χ3n) is 5.81. The summed E-state index contributed by atoms with van der Waals surface area (Å²) in [6.45, 7) is 6.27. The molecule has 0 saturated carbocycles. The summed E-state index contributed by atoms with van der Waals surface area (Å²) in [5.41, 5.74) is 5.87. The number of methoxy groups -OCH3 is 2. The van der Waals surface area contributed by atoms with Crippen LogP contribution in [0.1, 0.15) is 41.3 Å². The molecule has 1 aromatic heterocycles. The van der Waals surface area contributed by atoms with Crippen LogP contribution in [0, 0.1) is 6.92 Å². The summed E-state index contributed by atoms with van der Waals surface area (Å²) in [4.78, 5) is 18.4. The van der Waals surface area contributed by atoms with Crippen molar-refractivity contribution in [3.63, 3.8) is 0 Å². The van der Waals surface area contributed by atoms with Crippen molar-refractivity contribution in [2.75, 3.05) is 19.5 Å². The van der Waals surface area contributed by atoms with E-state index < -0.39 is 0 Å². The van der Waals surface area contributed by atoms with E-state index in [1.807, 2.05) is 67.6 Å². The minimum atomic E-state index is -0.161. The number of carbonyl (C=O) groups is 1. The molecule has 0 aliphatic rings. The molecule has 0 aliphatic heterocycles. The number of para-hydroxylation sites is 2. The van der Waals surface area contributed by atoms with Gasteiger partial charge in [0, 0.05) is 16.6 Å². The first-order chi connectivity index (χ1) is 15.9. The zero-order valence-corrected chi connectivity index (χ0v) is 19.6. The number of nitrogens with zero attached hydrogens (tertiary/aromatic N) is 1. The largest absolute Gasteiger partial charge is 0.493 e. The fourth-order valence-corrected chi connectivity index (χ4v) is 4.03. The average Bonchev–Trinajstić information content (AvgIpc) is 2.83. The van der Waals surface area contributed by atoms with Crippen LogP contribution in [0.15, 0.2) is 66.7 Å². The molecule has 0 spiro atoms. The van der Waals surface area contributed by atoms with E-state index in [-0.39, 0.29) is 11.8 Å². The van der Waals surface area contributed by atoms with Crippen LogP contribution in [-0.4, -0.2) is 25.1 Å². The Morgan fingerprint density at radius 1 is 0.909 bits per heavy atom. The third kappa shape index (κ3) is 4.40. The molecule has 0 atom stereocenters. The van der Waals surface area contributed by atoms with Gasteiger partial charge in [-0.25, -0.2) is 4.98 Å². The van der Waals surface area contributed by atoms with Crippen molar-refractivity contribution in [1.29, 1.82) is 0 Å². The molecule has 0 radical (unpaired) electrons. The van der Waals surface area contributed by atoms with E-state index in [2.05, 4.69) is 25.2 Å². The van der Waals surface area contributed by atoms with Gasteiger partial charge in [-0.05, 0) is 54.3 Å². The molecule has 1 N–H and O–H groups in total. The van der Waals surface area contributed by atoms with Crippen LogP contribution in [0.4, 0.5) is 5.69 Å². The Balaban J connectivity index is 1.83. The first kappa shape index (κ1) is 22.3. The number of benzene rings is 3. The summed E-state index contributed by atoms with van der Waals surface area (Å²) >= 11 is 0. The second kappa shape index (κ2) is 9.33. The summed E-state index contributed by atoms with van der Waals surface area (Å²) in [6, 6.07) is 21.3. The van der Waals surface area contributed by atoms with Gasteiger partial charge in [0.25, 0.3) is 5.91 Å². The predicted molar refractivity (Wildman–Crippen MR) is 134 cm³/mol. The number of hydrogen-bond donors (Lipinski definition) is 1. The summed E-state index contributed by atoms with van der Waals surface area (Å²) < 4.78 is 10.8. The van der Waals surface area contributed by atoms with E-state index in [0.29, 0.717) is 22.8 Å². The standard InChI is InChI=1S/C28H28N2O3/c1-17(2)20-11-8-9-18(3)27(20)30-28(31)22-16-24(29-23-12-7-6-10-21(22)23)19-13-14-25(32-4)26(15-19)33-5/h6-17H,1-5H3,(H,30,31). The van der Waals surface area contributed by atoms with Crippen molar-refractivity contribution in [2.24, 2.45) is 0 Å². The van der Waals surface area contributed by atoms with E-state index >= 15 is 0 Å². The molecular weight excluding hydrogens is 412 g/mol. The van der Waals surface area contributed by atoms with Crippen LogP contribution in [0.25, 0.3) is 22.2 Å². The Kier molecular flexibility index (Phi) is 6.31. The van der Waals surface area contributed by atoms with Crippen molar-refractivity contribution in [1.82, 2.24) is 4.98 Å². The number of amides is 1. The zero-order valence-electron chi connectivity index (χ0n) is 19.6. The van der Waals surface area contributed by atoms with Gasteiger partial charge in [0.15, 0.2) is 11.5 Å². The molecule has 33 heavy (non-hydrogen) atoms. The van der Waals surface area contributed by atoms with Crippen molar-refractivity contribution in [3.05, 3.63) is 83.4 Å². The maximum absolute atomic E-state index is 13.6. The number of hydrogen-bond acceptors (Lipinski definition) is 4. The van der Waals surface area contributed by atoms with Crippen molar-refractivity contribution in [2.45, 2.75) is 26.7 Å². The molecule has 1 heterocycles. The highest BCUT2D eigenvalue weighted by molar-refractivity contribution is 6.13. The summed E-state index contributed by atoms with van der Waals surface area (Å²) in [5.74, 6) is 1.38. The second-order valence-corrected chi connectivity index (χ2v) is 8.29. The number of fused-ring (bicyclic) bond motifs is 1. The van der Waals surface area contributed by atoms with Gasteiger partial charge in [-0.2, -0.15) is 0 Å². The van der Waals surface area contributed by atoms with Crippen molar-refractivity contribution in [3.8, 4) is 22.8 Å². The van der Waals surface area contributed by atoms with E-state index in [1.165, 1.54) is 0 Å². The van der Waals surface area contributed by atoms with Gasteiger partial charge in [0.1, 0.15) is 0 Å². The lowest BCUT2D eigenvalue weighted by atomic mass is 9.97. The van der Waals surface area contributed by atoms with E-state index in [0.717, 1.165) is 33.3 Å². The summed E-state index contributed by atoms with van der Waals surface area (Å²) in [5, 5.41) is 3.98. The molecular formula is C28H28N2O3. The van der Waals surface area contributed by atoms with Gasteiger partial charge in [0.05, 0.1) is 31.0 Å². The van der Waals surface area contributed by atoms with Crippen molar-refractivity contribution >= 4 is 22.5 Å². The lowest BCUT2D eigenvalue weighted by Gasteiger charge is -2.17. The minimum Gasteiger partial charge on any atom is -0.493 e. The van der Waals surface area contributed by atoms with Gasteiger partial charge < -0.3 is 14.8 Å². The number of aromatic nitrogens is 1. The zero-order chi connectivity index (χ0) is 23.5. The minimum absolute atomic E-state index is 0.161. The number of carbonyl (C=O) groups excluding carboxylic acids is 1. The molecule has 168 valence electrons. The molecule has 0 bridgehead atoms. The molecule has 3 aromatic carbocycles. The molecule has 5 heteroatoms. The van der Waals surface area contributed by atoms with Gasteiger partial charge in [-0.3, -0.25) is 4.79 Å². The SMILES string of the molecule is COc1ccc(-c2cc(C(=O)Nc3c(C)cccc3C(C)C)c3ccccc3n2)cc1OC. The fraction of sp³-hybridized carbons (Fsp3) is 0.214. The molecule has 0 unspecified atom stereocenters. The third-order valence-corrected chi connectivity index (χ3v) is 5.81. The van der Waals surface area contributed by atoms with E-state index in [4.69, 9.17) is 14.5 Å². The number of pyridine rings is 1. The highest BCUT2D eigenvalue weighted by Gasteiger charge is 2.18. The molecule has 0 fully saturated rings. The van der Waals surface area contributed by atoms with Crippen LogP contribution in [0.5, 0.6) is 11.5 Å². The van der Waals surface area contributed by atoms with Gasteiger partial charge in [-0.1, -0.05) is 50.2 Å². The Bertz CT molecular complexity index is 1330. The Labute approximate surface area is 194 Å². The van der Waals surface area contributed by atoms with Crippen LogP contribution in [0.2, 0.25) is 0 Å². The molecule has 4 aromatic rings. The van der Waals surface area contributed by atoms with Crippen LogP contribution >= 0.6 is 0 Å². The maximum atomic E-state index is 13.6. The van der Waals surface area contributed by atoms with Crippen molar-refractivity contribution < 1.29 is 14.3 Å². The first-order valence-corrected chi connectivity index (χ1v) is 11.0.